The summed E-state index contributed by atoms with van der Waals surface area (Å²) in [5, 5.41) is 3.67. The van der Waals surface area contributed by atoms with Crippen molar-refractivity contribution in [1.82, 2.24) is 10.2 Å². The van der Waals surface area contributed by atoms with Crippen molar-refractivity contribution in [3.8, 4) is 0 Å². The van der Waals surface area contributed by atoms with Crippen molar-refractivity contribution >= 4 is 29.1 Å². The minimum Gasteiger partial charge on any atom is -0.381 e. The van der Waals surface area contributed by atoms with Gasteiger partial charge in [0.25, 0.3) is 0 Å². The number of piperazine rings is 1. The van der Waals surface area contributed by atoms with E-state index in [0.717, 1.165) is 18.7 Å². The highest BCUT2D eigenvalue weighted by Crippen LogP contribution is 2.35. The lowest BCUT2D eigenvalue weighted by atomic mass is 9.73. The summed E-state index contributed by atoms with van der Waals surface area (Å²) in [4.78, 5) is 30.1. The van der Waals surface area contributed by atoms with Crippen LogP contribution in [0, 0.1) is 0 Å². The summed E-state index contributed by atoms with van der Waals surface area (Å²) in [6, 6.07) is 17.7. The number of amides is 2. The molecule has 0 radical (unpaired) electrons. The number of anilines is 1. The van der Waals surface area contributed by atoms with Gasteiger partial charge < -0.3 is 19.9 Å². The fourth-order valence-corrected chi connectivity index (χ4v) is 4.72. The van der Waals surface area contributed by atoms with Gasteiger partial charge in [-0.25, -0.2) is 0 Å². The normalized spacial score (nSPS) is 18.3. The van der Waals surface area contributed by atoms with E-state index >= 15 is 0 Å². The van der Waals surface area contributed by atoms with Crippen LogP contribution in [0.4, 0.5) is 5.69 Å². The number of carbonyl (C=O) groups excluding carboxylic acids is 2. The zero-order valence-corrected chi connectivity index (χ0v) is 19.0. The van der Waals surface area contributed by atoms with E-state index in [2.05, 4.69) is 22.3 Å². The minimum absolute atomic E-state index is 0.0372. The fraction of sp³-hybridized carbons (Fsp3) is 0.440. The summed E-state index contributed by atoms with van der Waals surface area (Å²) in [5.41, 5.74) is 1.51. The molecule has 2 heterocycles. The molecule has 2 aromatic rings. The Morgan fingerprint density at radius 2 is 1.59 bits per heavy atom. The molecule has 2 aliphatic heterocycles. The standard InChI is InChI=1S/C25H30ClN3O3/c26-21-8-6-20(7-9-21)25(11-18-32-19-12-25)24(31)27-13-10-23(30)29-16-14-28(15-17-29)22-4-2-1-3-5-22/h1-9H,10-19H2,(H,27,31). The van der Waals surface area contributed by atoms with Crippen molar-refractivity contribution in [3.63, 3.8) is 0 Å². The molecule has 170 valence electrons. The number of nitrogens with zero attached hydrogens (tertiary/aromatic N) is 2. The third-order valence-electron chi connectivity index (χ3n) is 6.56. The highest BCUT2D eigenvalue weighted by Gasteiger charge is 2.41. The van der Waals surface area contributed by atoms with Gasteiger partial charge >= 0.3 is 0 Å². The smallest absolute Gasteiger partial charge is 0.230 e. The SMILES string of the molecule is O=C(CCNC(=O)C1(c2ccc(Cl)cc2)CCOCC1)N1CCN(c2ccccc2)CC1. The zero-order valence-electron chi connectivity index (χ0n) is 18.3. The number of hydrogen-bond acceptors (Lipinski definition) is 4. The van der Waals surface area contributed by atoms with Crippen LogP contribution in [-0.4, -0.2) is 62.7 Å². The lowest BCUT2D eigenvalue weighted by Gasteiger charge is -2.37. The molecule has 2 aliphatic rings. The van der Waals surface area contributed by atoms with E-state index in [1.807, 2.05) is 47.4 Å². The third kappa shape index (κ3) is 5.08. The third-order valence-corrected chi connectivity index (χ3v) is 6.81. The number of nitrogens with one attached hydrogen (secondary N) is 1. The Morgan fingerprint density at radius 1 is 0.938 bits per heavy atom. The monoisotopic (exact) mass is 455 g/mol. The highest BCUT2D eigenvalue weighted by atomic mass is 35.5. The first kappa shape index (κ1) is 22.6. The van der Waals surface area contributed by atoms with Gasteiger partial charge in [-0.05, 0) is 42.7 Å². The van der Waals surface area contributed by atoms with Crippen LogP contribution in [0.1, 0.15) is 24.8 Å². The maximum absolute atomic E-state index is 13.2. The molecule has 2 saturated heterocycles. The van der Waals surface area contributed by atoms with Crippen molar-refractivity contribution in [3.05, 3.63) is 65.2 Å². The van der Waals surface area contributed by atoms with Crippen LogP contribution < -0.4 is 10.2 Å². The predicted molar refractivity (Wildman–Crippen MR) is 126 cm³/mol. The molecule has 32 heavy (non-hydrogen) atoms. The van der Waals surface area contributed by atoms with Gasteiger partial charge in [0.05, 0.1) is 5.41 Å². The lowest BCUT2D eigenvalue weighted by Crippen LogP contribution is -2.50. The molecule has 0 atom stereocenters. The van der Waals surface area contributed by atoms with Crippen LogP contribution in [-0.2, 0) is 19.7 Å². The number of ether oxygens (including phenoxy) is 1. The largest absolute Gasteiger partial charge is 0.381 e. The number of halogens is 1. The Morgan fingerprint density at radius 3 is 2.25 bits per heavy atom. The quantitative estimate of drug-likeness (QED) is 0.726. The molecular weight excluding hydrogens is 426 g/mol. The summed E-state index contributed by atoms with van der Waals surface area (Å²) < 4.78 is 5.51. The number of carbonyl (C=O) groups is 2. The van der Waals surface area contributed by atoms with Crippen molar-refractivity contribution in [2.24, 2.45) is 0 Å². The van der Waals surface area contributed by atoms with Crippen LogP contribution in [0.15, 0.2) is 54.6 Å². The van der Waals surface area contributed by atoms with Crippen LogP contribution in [0.2, 0.25) is 5.02 Å². The van der Waals surface area contributed by atoms with E-state index in [-0.39, 0.29) is 11.8 Å². The zero-order chi connectivity index (χ0) is 22.4. The Labute approximate surface area is 194 Å². The van der Waals surface area contributed by atoms with Crippen molar-refractivity contribution < 1.29 is 14.3 Å². The van der Waals surface area contributed by atoms with E-state index in [1.165, 1.54) is 5.69 Å². The van der Waals surface area contributed by atoms with Crippen LogP contribution in [0.3, 0.4) is 0 Å². The van der Waals surface area contributed by atoms with E-state index in [0.29, 0.717) is 57.1 Å². The maximum atomic E-state index is 13.2. The van der Waals surface area contributed by atoms with Gasteiger partial charge in [0.1, 0.15) is 0 Å². The molecule has 0 bridgehead atoms. The van der Waals surface area contributed by atoms with Gasteiger partial charge in [0, 0.05) is 63.1 Å². The second-order valence-corrected chi connectivity index (χ2v) is 8.85. The molecule has 0 saturated carbocycles. The van der Waals surface area contributed by atoms with Crippen molar-refractivity contribution in [2.75, 3.05) is 50.8 Å². The summed E-state index contributed by atoms with van der Waals surface area (Å²) >= 11 is 6.04. The second kappa shape index (κ2) is 10.4. The molecule has 7 heteroatoms. The molecule has 0 aromatic heterocycles. The summed E-state index contributed by atoms with van der Waals surface area (Å²) in [6.07, 6.45) is 1.55. The maximum Gasteiger partial charge on any atom is 0.230 e. The van der Waals surface area contributed by atoms with Gasteiger partial charge in [-0.3, -0.25) is 9.59 Å². The first-order valence-corrected chi connectivity index (χ1v) is 11.7. The summed E-state index contributed by atoms with van der Waals surface area (Å²) in [6.45, 7) is 4.47. The van der Waals surface area contributed by atoms with Gasteiger partial charge in [0.2, 0.25) is 11.8 Å². The molecule has 0 unspecified atom stereocenters. The van der Waals surface area contributed by atoms with E-state index in [1.54, 1.807) is 0 Å². The van der Waals surface area contributed by atoms with E-state index in [4.69, 9.17) is 16.3 Å². The number of hydrogen-bond donors (Lipinski definition) is 1. The summed E-state index contributed by atoms with van der Waals surface area (Å²) in [7, 11) is 0. The fourth-order valence-electron chi connectivity index (χ4n) is 4.60. The Balaban J connectivity index is 1.29. The van der Waals surface area contributed by atoms with Gasteiger partial charge in [0.15, 0.2) is 0 Å². The lowest BCUT2D eigenvalue weighted by molar-refractivity contribution is -0.132. The average Bonchev–Trinajstić information content (AvgIpc) is 2.85. The van der Waals surface area contributed by atoms with Crippen molar-refractivity contribution in [2.45, 2.75) is 24.7 Å². The topological polar surface area (TPSA) is 61.9 Å². The van der Waals surface area contributed by atoms with E-state index < -0.39 is 5.41 Å². The first-order chi connectivity index (χ1) is 15.6. The summed E-state index contributed by atoms with van der Waals surface area (Å²) in [5.74, 6) is 0.0513. The average molecular weight is 456 g/mol. The Bertz CT molecular complexity index is 906. The van der Waals surface area contributed by atoms with Gasteiger partial charge in [-0.2, -0.15) is 0 Å². The minimum atomic E-state index is -0.632. The Kier molecular flexibility index (Phi) is 7.33. The molecule has 1 N–H and O–H groups in total. The molecule has 6 nitrogen and oxygen atoms in total. The van der Waals surface area contributed by atoms with Crippen LogP contribution >= 0.6 is 11.6 Å². The van der Waals surface area contributed by atoms with Gasteiger partial charge in [-0.1, -0.05) is 41.9 Å². The number of rotatable bonds is 6. The number of para-hydroxylation sites is 1. The molecule has 0 aliphatic carbocycles. The molecule has 2 fully saturated rings. The van der Waals surface area contributed by atoms with Crippen molar-refractivity contribution in [1.29, 1.82) is 0 Å². The molecule has 0 spiro atoms. The molecule has 4 rings (SSSR count). The highest BCUT2D eigenvalue weighted by molar-refractivity contribution is 6.30. The van der Waals surface area contributed by atoms with Crippen LogP contribution in [0.5, 0.6) is 0 Å². The molecule has 2 amide bonds. The van der Waals surface area contributed by atoms with Crippen LogP contribution in [0.25, 0.3) is 0 Å². The van der Waals surface area contributed by atoms with E-state index in [9.17, 15) is 9.59 Å². The Hall–Kier alpha value is -2.57. The second-order valence-electron chi connectivity index (χ2n) is 8.41. The molecule has 2 aromatic carbocycles. The number of benzene rings is 2. The van der Waals surface area contributed by atoms with Gasteiger partial charge in [-0.15, -0.1) is 0 Å². The molecular formula is C25H30ClN3O3. The first-order valence-electron chi connectivity index (χ1n) is 11.3. The predicted octanol–water partition coefficient (Wildman–Crippen LogP) is 3.24.